The zero-order valence-electron chi connectivity index (χ0n) is 11.1. The number of nitrogens with two attached hydrogens (primary N) is 1. The number of halogens is 2. The summed E-state index contributed by atoms with van der Waals surface area (Å²) in [5.74, 6) is 5.82. The highest BCUT2D eigenvalue weighted by Gasteiger charge is 2.18. The van der Waals surface area contributed by atoms with Crippen molar-refractivity contribution in [2.45, 2.75) is 6.04 Å². The van der Waals surface area contributed by atoms with E-state index in [0.717, 1.165) is 25.6 Å². The molecule has 0 aliphatic rings. The number of benzene rings is 2. The first-order valence-electron chi connectivity index (χ1n) is 6.45. The van der Waals surface area contributed by atoms with Crippen LogP contribution in [0.4, 0.5) is 0 Å². The summed E-state index contributed by atoms with van der Waals surface area (Å²) in [6.45, 7) is 0. The van der Waals surface area contributed by atoms with Gasteiger partial charge in [0.1, 0.15) is 0 Å². The smallest absolute Gasteiger partial charge is 0.0753 e. The number of pyridine rings is 1. The van der Waals surface area contributed by atoms with E-state index in [-0.39, 0.29) is 6.04 Å². The summed E-state index contributed by atoms with van der Waals surface area (Å²) in [4.78, 5) is 4.50. The number of para-hydroxylation sites is 1. The van der Waals surface area contributed by atoms with E-state index in [1.807, 2.05) is 48.5 Å². The predicted octanol–water partition coefficient (Wildman–Crippen LogP) is 4.05. The van der Waals surface area contributed by atoms with Gasteiger partial charge in [0.25, 0.3) is 0 Å². The van der Waals surface area contributed by atoms with E-state index < -0.39 is 0 Å². The van der Waals surface area contributed by atoms with E-state index in [0.29, 0.717) is 5.02 Å². The average molecular weight is 410 g/mol. The molecule has 0 saturated carbocycles. The quantitative estimate of drug-likeness (QED) is 0.390. The highest BCUT2D eigenvalue weighted by atomic mass is 127. The molecule has 1 heterocycles. The van der Waals surface area contributed by atoms with E-state index in [4.69, 9.17) is 17.4 Å². The number of fused-ring (bicyclic) bond motifs is 1. The van der Waals surface area contributed by atoms with Crippen LogP contribution < -0.4 is 11.3 Å². The number of hydrogen-bond acceptors (Lipinski definition) is 3. The maximum absolute atomic E-state index is 6.14. The van der Waals surface area contributed by atoms with E-state index in [1.165, 1.54) is 0 Å². The number of nitrogens with zero attached hydrogens (tertiary/aromatic N) is 1. The Bertz CT molecular complexity index is 786. The van der Waals surface area contributed by atoms with Gasteiger partial charge in [-0.15, -0.1) is 0 Å². The van der Waals surface area contributed by atoms with Crippen molar-refractivity contribution in [2.75, 3.05) is 0 Å². The second-order valence-electron chi connectivity index (χ2n) is 4.69. The van der Waals surface area contributed by atoms with Crippen LogP contribution in [0.15, 0.2) is 54.7 Å². The van der Waals surface area contributed by atoms with Crippen LogP contribution in [0.2, 0.25) is 5.02 Å². The van der Waals surface area contributed by atoms with Crippen molar-refractivity contribution in [3.63, 3.8) is 0 Å². The monoisotopic (exact) mass is 409 g/mol. The number of aromatic nitrogens is 1. The SMILES string of the molecule is NNC(c1cc(Cl)ccc1I)c1cccc2cccnc12. The van der Waals surface area contributed by atoms with E-state index in [9.17, 15) is 0 Å². The lowest BCUT2D eigenvalue weighted by molar-refractivity contribution is 0.637. The van der Waals surface area contributed by atoms with Crippen LogP contribution in [-0.4, -0.2) is 4.98 Å². The van der Waals surface area contributed by atoms with Gasteiger partial charge in [-0.05, 0) is 52.4 Å². The van der Waals surface area contributed by atoms with Gasteiger partial charge in [0.05, 0.1) is 11.6 Å². The molecule has 3 nitrogen and oxygen atoms in total. The van der Waals surface area contributed by atoms with Crippen molar-refractivity contribution >= 4 is 45.1 Å². The molecule has 5 heteroatoms. The minimum atomic E-state index is -0.158. The van der Waals surface area contributed by atoms with Crippen LogP contribution in [0.3, 0.4) is 0 Å². The van der Waals surface area contributed by atoms with Crippen molar-refractivity contribution in [3.8, 4) is 0 Å². The van der Waals surface area contributed by atoms with Gasteiger partial charge in [0.2, 0.25) is 0 Å². The van der Waals surface area contributed by atoms with Gasteiger partial charge in [0.15, 0.2) is 0 Å². The Morgan fingerprint density at radius 2 is 1.90 bits per heavy atom. The van der Waals surface area contributed by atoms with E-state index in [1.54, 1.807) is 6.20 Å². The maximum atomic E-state index is 6.14. The number of hydrazine groups is 1. The molecular weight excluding hydrogens is 397 g/mol. The van der Waals surface area contributed by atoms with Crippen LogP contribution in [0.25, 0.3) is 10.9 Å². The third kappa shape index (κ3) is 2.89. The fourth-order valence-electron chi connectivity index (χ4n) is 2.44. The largest absolute Gasteiger partial charge is 0.271 e. The molecule has 21 heavy (non-hydrogen) atoms. The lowest BCUT2D eigenvalue weighted by Crippen LogP contribution is -2.29. The molecule has 1 atom stereocenters. The summed E-state index contributed by atoms with van der Waals surface area (Å²) >= 11 is 8.43. The fourth-order valence-corrected chi connectivity index (χ4v) is 3.27. The fraction of sp³-hybridized carbons (Fsp3) is 0.0625. The minimum Gasteiger partial charge on any atom is -0.271 e. The molecule has 0 amide bonds. The summed E-state index contributed by atoms with van der Waals surface area (Å²) < 4.78 is 1.10. The molecule has 0 fully saturated rings. The molecule has 1 unspecified atom stereocenters. The molecule has 3 rings (SSSR count). The molecule has 0 saturated heterocycles. The first-order chi connectivity index (χ1) is 10.2. The molecule has 106 valence electrons. The second-order valence-corrected chi connectivity index (χ2v) is 6.29. The average Bonchev–Trinajstić information content (AvgIpc) is 2.51. The lowest BCUT2D eigenvalue weighted by Gasteiger charge is -2.20. The third-order valence-electron chi connectivity index (χ3n) is 3.41. The Labute approximate surface area is 141 Å². The van der Waals surface area contributed by atoms with Gasteiger partial charge in [-0.3, -0.25) is 10.8 Å². The topological polar surface area (TPSA) is 50.9 Å². The van der Waals surface area contributed by atoms with Gasteiger partial charge >= 0.3 is 0 Å². The lowest BCUT2D eigenvalue weighted by atomic mass is 9.97. The summed E-state index contributed by atoms with van der Waals surface area (Å²) in [5.41, 5.74) is 5.92. The normalized spacial score (nSPS) is 12.5. The Hall–Kier alpha value is -1.21. The van der Waals surface area contributed by atoms with Crippen molar-refractivity contribution in [3.05, 3.63) is 74.4 Å². The van der Waals surface area contributed by atoms with Crippen molar-refractivity contribution in [2.24, 2.45) is 5.84 Å². The van der Waals surface area contributed by atoms with Gasteiger partial charge in [-0.25, -0.2) is 5.43 Å². The number of nitrogens with one attached hydrogen (secondary N) is 1. The molecule has 3 N–H and O–H groups in total. The van der Waals surface area contributed by atoms with Crippen LogP contribution in [-0.2, 0) is 0 Å². The zero-order chi connectivity index (χ0) is 14.8. The third-order valence-corrected chi connectivity index (χ3v) is 4.63. The van der Waals surface area contributed by atoms with E-state index >= 15 is 0 Å². The highest BCUT2D eigenvalue weighted by molar-refractivity contribution is 14.1. The molecule has 0 aliphatic carbocycles. The Morgan fingerprint density at radius 1 is 1.10 bits per heavy atom. The maximum Gasteiger partial charge on any atom is 0.0753 e. The molecule has 0 spiro atoms. The van der Waals surface area contributed by atoms with Crippen molar-refractivity contribution in [1.82, 2.24) is 10.4 Å². The molecule has 0 radical (unpaired) electrons. The standard InChI is InChI=1S/C16H13ClIN3/c17-11-6-7-14(18)13(9-11)16(21-19)12-5-1-3-10-4-2-8-20-15(10)12/h1-9,16,21H,19H2. The highest BCUT2D eigenvalue weighted by Crippen LogP contribution is 2.31. The molecule has 0 bridgehead atoms. The van der Waals surface area contributed by atoms with Crippen LogP contribution in [0.5, 0.6) is 0 Å². The summed E-state index contributed by atoms with van der Waals surface area (Å²) in [6.07, 6.45) is 1.79. The van der Waals surface area contributed by atoms with Crippen LogP contribution in [0, 0.1) is 3.57 Å². The first kappa shape index (κ1) is 14.7. The van der Waals surface area contributed by atoms with Crippen molar-refractivity contribution in [1.29, 1.82) is 0 Å². The van der Waals surface area contributed by atoms with Gasteiger partial charge in [-0.2, -0.15) is 0 Å². The molecule has 1 aromatic heterocycles. The number of hydrogen-bond donors (Lipinski definition) is 2. The van der Waals surface area contributed by atoms with Gasteiger partial charge in [0, 0.05) is 25.7 Å². The van der Waals surface area contributed by atoms with Gasteiger partial charge in [-0.1, -0.05) is 35.9 Å². The summed E-state index contributed by atoms with van der Waals surface area (Å²) in [7, 11) is 0. The van der Waals surface area contributed by atoms with Crippen LogP contribution >= 0.6 is 34.2 Å². The molecule has 2 aromatic carbocycles. The second kappa shape index (κ2) is 6.27. The van der Waals surface area contributed by atoms with Crippen LogP contribution in [0.1, 0.15) is 17.2 Å². The number of rotatable bonds is 3. The first-order valence-corrected chi connectivity index (χ1v) is 7.91. The van der Waals surface area contributed by atoms with E-state index in [2.05, 4.69) is 33.0 Å². The predicted molar refractivity (Wildman–Crippen MR) is 95.1 cm³/mol. The summed E-state index contributed by atoms with van der Waals surface area (Å²) in [6, 6.07) is 15.7. The molecular formula is C16H13ClIN3. The molecule has 3 aromatic rings. The Morgan fingerprint density at radius 3 is 2.71 bits per heavy atom. The molecule has 0 aliphatic heterocycles. The zero-order valence-corrected chi connectivity index (χ0v) is 14.0. The Balaban J connectivity index is 2.21. The van der Waals surface area contributed by atoms with Crippen molar-refractivity contribution < 1.29 is 0 Å². The Kier molecular flexibility index (Phi) is 4.40. The van der Waals surface area contributed by atoms with Gasteiger partial charge < -0.3 is 0 Å². The minimum absolute atomic E-state index is 0.158. The summed E-state index contributed by atoms with van der Waals surface area (Å²) in [5, 5.41) is 1.78.